The average molecular weight is 202 g/mol. The Kier molecular flexibility index (Phi) is 5.40. The molecule has 0 aromatic rings. The van der Waals surface area contributed by atoms with Gasteiger partial charge < -0.3 is 15.2 Å². The minimum Gasteiger partial charge on any atom is -0.392 e. The van der Waals surface area contributed by atoms with Crippen LogP contribution in [0.3, 0.4) is 0 Å². The van der Waals surface area contributed by atoms with Gasteiger partial charge in [-0.3, -0.25) is 4.90 Å². The predicted molar refractivity (Wildman–Crippen MR) is 56.4 cm³/mol. The Morgan fingerprint density at radius 2 is 2.43 bits per heavy atom. The zero-order valence-corrected chi connectivity index (χ0v) is 9.20. The Hall–Kier alpha value is -0.160. The lowest BCUT2D eigenvalue weighted by Crippen LogP contribution is -2.47. The minimum atomic E-state index is -0.277. The number of aliphatic hydroxyl groups is 1. The second-order valence-electron chi connectivity index (χ2n) is 3.89. The maximum Gasteiger partial charge on any atom is 0.0826 e. The second-order valence-corrected chi connectivity index (χ2v) is 3.89. The first-order valence-corrected chi connectivity index (χ1v) is 5.45. The van der Waals surface area contributed by atoms with Crippen LogP contribution in [0.2, 0.25) is 0 Å². The van der Waals surface area contributed by atoms with Gasteiger partial charge in [-0.2, -0.15) is 0 Å². The summed E-state index contributed by atoms with van der Waals surface area (Å²) in [5, 5.41) is 12.3. The summed E-state index contributed by atoms with van der Waals surface area (Å²) in [7, 11) is 0. The third-order valence-corrected chi connectivity index (χ3v) is 2.48. The molecular weight excluding hydrogens is 180 g/mol. The Balaban J connectivity index is 2.11. The number of aliphatic hydroxyl groups excluding tert-OH is 1. The monoisotopic (exact) mass is 202 g/mol. The zero-order valence-electron chi connectivity index (χ0n) is 9.20. The fourth-order valence-corrected chi connectivity index (χ4v) is 1.64. The van der Waals surface area contributed by atoms with E-state index < -0.39 is 0 Å². The Morgan fingerprint density at radius 1 is 1.64 bits per heavy atom. The van der Waals surface area contributed by atoms with Crippen LogP contribution in [0.5, 0.6) is 0 Å². The molecule has 2 N–H and O–H groups in total. The molecule has 0 aliphatic carbocycles. The summed E-state index contributed by atoms with van der Waals surface area (Å²) in [6.07, 6.45) is 0.00307. The van der Waals surface area contributed by atoms with Crippen LogP contribution in [0, 0.1) is 0 Å². The Morgan fingerprint density at radius 3 is 3.07 bits per heavy atom. The Labute approximate surface area is 86.2 Å². The van der Waals surface area contributed by atoms with E-state index in [9.17, 15) is 0 Å². The number of hydrogen-bond acceptors (Lipinski definition) is 4. The van der Waals surface area contributed by atoms with E-state index >= 15 is 0 Å². The molecule has 0 amide bonds. The number of ether oxygens (including phenoxy) is 1. The van der Waals surface area contributed by atoms with E-state index in [1.165, 1.54) is 0 Å². The van der Waals surface area contributed by atoms with E-state index in [0.29, 0.717) is 6.54 Å². The molecule has 1 heterocycles. The van der Waals surface area contributed by atoms with Gasteiger partial charge in [0.25, 0.3) is 0 Å². The average Bonchev–Trinajstić information content (AvgIpc) is 2.18. The normalized spacial score (nSPS) is 26.4. The first-order chi connectivity index (χ1) is 6.72. The number of hydrogen-bond donors (Lipinski definition) is 2. The topological polar surface area (TPSA) is 44.7 Å². The van der Waals surface area contributed by atoms with Crippen LogP contribution in [0.1, 0.15) is 13.8 Å². The summed E-state index contributed by atoms with van der Waals surface area (Å²) in [4.78, 5) is 2.39. The standard InChI is InChI=1S/C10H22N2O2/c1-3-12-4-5-14-10(8-12)7-11-6-9(2)13/h9-11,13H,3-8H2,1-2H3/t9-,10?/m0/s1. The van der Waals surface area contributed by atoms with E-state index in [0.717, 1.165) is 32.8 Å². The molecule has 0 aromatic heterocycles. The highest BCUT2D eigenvalue weighted by molar-refractivity contribution is 4.72. The molecule has 4 heteroatoms. The van der Waals surface area contributed by atoms with E-state index in [-0.39, 0.29) is 12.2 Å². The van der Waals surface area contributed by atoms with Crippen molar-refractivity contribution in [3.63, 3.8) is 0 Å². The van der Waals surface area contributed by atoms with Crippen molar-refractivity contribution in [3.8, 4) is 0 Å². The maximum atomic E-state index is 9.07. The van der Waals surface area contributed by atoms with Gasteiger partial charge in [-0.05, 0) is 13.5 Å². The van der Waals surface area contributed by atoms with Crippen molar-refractivity contribution in [1.82, 2.24) is 10.2 Å². The van der Waals surface area contributed by atoms with E-state index in [1.54, 1.807) is 6.92 Å². The molecular formula is C10H22N2O2. The SMILES string of the molecule is CCN1CCOC(CNC[C@H](C)O)C1. The van der Waals surface area contributed by atoms with Crippen LogP contribution in [0.25, 0.3) is 0 Å². The highest BCUT2D eigenvalue weighted by atomic mass is 16.5. The number of morpholine rings is 1. The number of rotatable bonds is 5. The van der Waals surface area contributed by atoms with Gasteiger partial charge in [-0.25, -0.2) is 0 Å². The first-order valence-electron chi connectivity index (χ1n) is 5.45. The molecule has 0 aromatic carbocycles. The van der Waals surface area contributed by atoms with Gasteiger partial charge in [0.1, 0.15) is 0 Å². The largest absolute Gasteiger partial charge is 0.392 e. The number of likely N-dealkylation sites (N-methyl/N-ethyl adjacent to an activating group) is 1. The molecule has 1 saturated heterocycles. The molecule has 0 radical (unpaired) electrons. The molecule has 1 rings (SSSR count). The molecule has 1 aliphatic heterocycles. The molecule has 84 valence electrons. The summed E-state index contributed by atoms with van der Waals surface area (Å²) in [5.74, 6) is 0. The molecule has 1 fully saturated rings. The van der Waals surface area contributed by atoms with E-state index in [4.69, 9.17) is 9.84 Å². The van der Waals surface area contributed by atoms with Crippen molar-refractivity contribution in [3.05, 3.63) is 0 Å². The minimum absolute atomic E-state index is 0.277. The third-order valence-electron chi connectivity index (χ3n) is 2.48. The third kappa shape index (κ3) is 4.37. The van der Waals surface area contributed by atoms with Crippen LogP contribution >= 0.6 is 0 Å². The van der Waals surface area contributed by atoms with Gasteiger partial charge in [-0.1, -0.05) is 6.92 Å². The van der Waals surface area contributed by atoms with Gasteiger partial charge in [0.05, 0.1) is 18.8 Å². The fraction of sp³-hybridized carbons (Fsp3) is 1.00. The fourth-order valence-electron chi connectivity index (χ4n) is 1.64. The summed E-state index contributed by atoms with van der Waals surface area (Å²) < 4.78 is 5.61. The molecule has 0 spiro atoms. The first kappa shape index (κ1) is 11.9. The molecule has 1 aliphatic rings. The van der Waals surface area contributed by atoms with Crippen molar-refractivity contribution >= 4 is 0 Å². The smallest absolute Gasteiger partial charge is 0.0826 e. The van der Waals surface area contributed by atoms with Crippen molar-refractivity contribution in [2.45, 2.75) is 26.1 Å². The summed E-state index contributed by atoms with van der Waals surface area (Å²) in [6.45, 7) is 9.41. The number of nitrogens with one attached hydrogen (secondary N) is 1. The molecule has 0 bridgehead atoms. The lowest BCUT2D eigenvalue weighted by atomic mass is 10.2. The van der Waals surface area contributed by atoms with Gasteiger partial charge in [0.2, 0.25) is 0 Å². The van der Waals surface area contributed by atoms with E-state index in [1.807, 2.05) is 0 Å². The maximum absolute atomic E-state index is 9.07. The summed E-state index contributed by atoms with van der Waals surface area (Å²) in [5.41, 5.74) is 0. The molecule has 4 nitrogen and oxygen atoms in total. The van der Waals surface area contributed by atoms with Crippen LogP contribution in [-0.4, -0.2) is 61.5 Å². The lowest BCUT2D eigenvalue weighted by Gasteiger charge is -2.32. The van der Waals surface area contributed by atoms with Crippen molar-refractivity contribution in [2.75, 3.05) is 39.3 Å². The van der Waals surface area contributed by atoms with Crippen LogP contribution < -0.4 is 5.32 Å². The summed E-state index contributed by atoms with van der Waals surface area (Å²) >= 11 is 0. The van der Waals surface area contributed by atoms with Crippen molar-refractivity contribution in [1.29, 1.82) is 0 Å². The highest BCUT2D eigenvalue weighted by Gasteiger charge is 2.18. The molecule has 0 saturated carbocycles. The van der Waals surface area contributed by atoms with Crippen LogP contribution in [-0.2, 0) is 4.74 Å². The zero-order chi connectivity index (χ0) is 10.4. The van der Waals surface area contributed by atoms with Gasteiger partial charge in [0, 0.05) is 26.2 Å². The van der Waals surface area contributed by atoms with Gasteiger partial charge >= 0.3 is 0 Å². The van der Waals surface area contributed by atoms with Crippen LogP contribution in [0.4, 0.5) is 0 Å². The predicted octanol–water partition coefficient (Wildman–Crippen LogP) is -0.322. The van der Waals surface area contributed by atoms with Crippen molar-refractivity contribution in [2.24, 2.45) is 0 Å². The molecule has 2 atom stereocenters. The summed E-state index contributed by atoms with van der Waals surface area (Å²) in [6, 6.07) is 0. The number of nitrogens with zero attached hydrogens (tertiary/aromatic N) is 1. The van der Waals surface area contributed by atoms with Crippen LogP contribution in [0.15, 0.2) is 0 Å². The lowest BCUT2D eigenvalue weighted by molar-refractivity contribution is -0.0260. The Bertz CT molecular complexity index is 153. The van der Waals surface area contributed by atoms with Gasteiger partial charge in [0.15, 0.2) is 0 Å². The highest BCUT2D eigenvalue weighted by Crippen LogP contribution is 2.03. The van der Waals surface area contributed by atoms with Crippen molar-refractivity contribution < 1.29 is 9.84 Å². The second kappa shape index (κ2) is 6.35. The van der Waals surface area contributed by atoms with Gasteiger partial charge in [-0.15, -0.1) is 0 Å². The van der Waals surface area contributed by atoms with E-state index in [2.05, 4.69) is 17.1 Å². The quantitative estimate of drug-likeness (QED) is 0.641. The molecule has 14 heavy (non-hydrogen) atoms. The molecule has 1 unspecified atom stereocenters.